The summed E-state index contributed by atoms with van der Waals surface area (Å²) in [6, 6.07) is 0. The van der Waals surface area contributed by atoms with Crippen LogP contribution in [0.15, 0.2) is 0 Å². The highest BCUT2D eigenvalue weighted by Gasteiger charge is 2.51. The van der Waals surface area contributed by atoms with Gasteiger partial charge in [0, 0.05) is 5.75 Å². The van der Waals surface area contributed by atoms with Crippen molar-refractivity contribution in [2.75, 3.05) is 24.7 Å². The maximum atomic E-state index is 12.3. The Morgan fingerprint density at radius 1 is 1.00 bits per heavy atom. The number of hydrogen-bond donors (Lipinski definition) is 0. The van der Waals surface area contributed by atoms with Gasteiger partial charge < -0.3 is 9.47 Å². The maximum absolute atomic E-state index is 12.3. The average molecular weight is 322 g/mol. The number of rotatable bonds is 9. The van der Waals surface area contributed by atoms with Crippen LogP contribution in [0.1, 0.15) is 41.0 Å². The maximum Gasteiger partial charge on any atom is 0.323 e. The van der Waals surface area contributed by atoms with Crippen molar-refractivity contribution in [2.45, 2.75) is 41.0 Å². The highest BCUT2D eigenvalue weighted by Crippen LogP contribution is 2.35. The molecule has 0 aromatic carbocycles. The third-order valence-electron chi connectivity index (χ3n) is 3.51. The van der Waals surface area contributed by atoms with Gasteiger partial charge in [0.2, 0.25) is 0 Å². The summed E-state index contributed by atoms with van der Waals surface area (Å²) >= 11 is 0. The smallest absolute Gasteiger partial charge is 0.323 e. The summed E-state index contributed by atoms with van der Waals surface area (Å²) in [5.41, 5.74) is -1.58. The molecule has 0 aliphatic rings. The van der Waals surface area contributed by atoms with Gasteiger partial charge in [-0.05, 0) is 26.2 Å². The van der Waals surface area contributed by atoms with E-state index < -0.39 is 33.1 Å². The molecule has 0 atom stereocenters. The first kappa shape index (κ1) is 19.9. The third-order valence-corrected chi connectivity index (χ3v) is 5.22. The van der Waals surface area contributed by atoms with Crippen LogP contribution in [-0.2, 0) is 28.9 Å². The standard InChI is InChI=1S/C14H26O6S/c1-6-19-12(15)14(11(4)5,13(16)20-7-2)9-10-21(17,18)8-3/h11H,6-10H2,1-5H3. The molecule has 0 aromatic heterocycles. The van der Waals surface area contributed by atoms with Crippen LogP contribution < -0.4 is 0 Å². The van der Waals surface area contributed by atoms with Crippen LogP contribution in [0.2, 0.25) is 0 Å². The molecular weight excluding hydrogens is 296 g/mol. The van der Waals surface area contributed by atoms with Crippen LogP contribution in [0, 0.1) is 11.3 Å². The Balaban J connectivity index is 5.58. The predicted octanol–water partition coefficient (Wildman–Crippen LogP) is 1.58. The molecule has 0 saturated carbocycles. The number of hydrogen-bond acceptors (Lipinski definition) is 6. The van der Waals surface area contributed by atoms with Crippen LogP contribution >= 0.6 is 0 Å². The van der Waals surface area contributed by atoms with E-state index in [2.05, 4.69) is 0 Å². The largest absolute Gasteiger partial charge is 0.465 e. The van der Waals surface area contributed by atoms with Gasteiger partial charge in [0.15, 0.2) is 5.41 Å². The quantitative estimate of drug-likeness (QED) is 0.473. The number of carbonyl (C=O) groups excluding carboxylic acids is 2. The fraction of sp³-hybridized carbons (Fsp3) is 0.857. The number of carbonyl (C=O) groups is 2. The molecule has 0 heterocycles. The minimum atomic E-state index is -3.30. The molecule has 0 spiro atoms. The molecule has 21 heavy (non-hydrogen) atoms. The Bertz CT molecular complexity index is 434. The first-order valence-corrected chi connectivity index (χ1v) is 9.04. The lowest BCUT2D eigenvalue weighted by Crippen LogP contribution is -2.47. The van der Waals surface area contributed by atoms with Gasteiger partial charge in [0.1, 0.15) is 9.84 Å². The summed E-state index contributed by atoms with van der Waals surface area (Å²) in [6.07, 6.45) is -0.126. The number of esters is 2. The van der Waals surface area contributed by atoms with Crippen LogP contribution in [-0.4, -0.2) is 45.1 Å². The van der Waals surface area contributed by atoms with Gasteiger partial charge in [-0.1, -0.05) is 20.8 Å². The minimum Gasteiger partial charge on any atom is -0.465 e. The van der Waals surface area contributed by atoms with E-state index in [1.54, 1.807) is 27.7 Å². The summed E-state index contributed by atoms with van der Waals surface area (Å²) in [7, 11) is -3.30. The van der Waals surface area contributed by atoms with Gasteiger partial charge in [-0.15, -0.1) is 0 Å². The van der Waals surface area contributed by atoms with Crippen molar-refractivity contribution in [1.82, 2.24) is 0 Å². The molecule has 0 radical (unpaired) electrons. The summed E-state index contributed by atoms with van der Waals surface area (Å²) in [6.45, 7) is 8.41. The predicted molar refractivity (Wildman–Crippen MR) is 79.5 cm³/mol. The Kier molecular flexibility index (Phi) is 7.92. The lowest BCUT2D eigenvalue weighted by Gasteiger charge is -2.32. The summed E-state index contributed by atoms with van der Waals surface area (Å²) in [4.78, 5) is 24.6. The van der Waals surface area contributed by atoms with E-state index in [1.165, 1.54) is 6.92 Å². The van der Waals surface area contributed by atoms with E-state index in [-0.39, 0.29) is 31.1 Å². The lowest BCUT2D eigenvalue weighted by atomic mass is 9.75. The Morgan fingerprint density at radius 3 is 1.71 bits per heavy atom. The van der Waals surface area contributed by atoms with Crippen molar-refractivity contribution in [3.8, 4) is 0 Å². The fourth-order valence-corrected chi connectivity index (χ4v) is 2.95. The monoisotopic (exact) mass is 322 g/mol. The second-order valence-corrected chi connectivity index (χ2v) is 7.53. The van der Waals surface area contributed by atoms with Crippen molar-refractivity contribution >= 4 is 21.8 Å². The van der Waals surface area contributed by atoms with E-state index in [4.69, 9.17) is 9.47 Å². The van der Waals surface area contributed by atoms with Crippen LogP contribution in [0.25, 0.3) is 0 Å². The van der Waals surface area contributed by atoms with Crippen molar-refractivity contribution in [3.05, 3.63) is 0 Å². The van der Waals surface area contributed by atoms with Gasteiger partial charge in [-0.2, -0.15) is 0 Å². The Hall–Kier alpha value is -1.11. The van der Waals surface area contributed by atoms with Crippen molar-refractivity contribution in [3.63, 3.8) is 0 Å². The molecule has 0 rings (SSSR count). The lowest BCUT2D eigenvalue weighted by molar-refractivity contribution is -0.176. The SMILES string of the molecule is CCOC(=O)C(CCS(=O)(=O)CC)(C(=O)OCC)C(C)C. The molecule has 0 aliphatic heterocycles. The van der Waals surface area contributed by atoms with Crippen molar-refractivity contribution in [2.24, 2.45) is 11.3 Å². The zero-order valence-electron chi connectivity index (χ0n) is 13.5. The molecular formula is C14H26O6S. The van der Waals surface area contributed by atoms with Gasteiger partial charge in [0.25, 0.3) is 0 Å². The van der Waals surface area contributed by atoms with Crippen LogP contribution in [0.4, 0.5) is 0 Å². The van der Waals surface area contributed by atoms with E-state index in [9.17, 15) is 18.0 Å². The third kappa shape index (κ3) is 4.98. The highest BCUT2D eigenvalue weighted by molar-refractivity contribution is 7.91. The molecule has 6 nitrogen and oxygen atoms in total. The van der Waals surface area contributed by atoms with E-state index >= 15 is 0 Å². The highest BCUT2D eigenvalue weighted by atomic mass is 32.2. The first-order chi connectivity index (χ1) is 9.67. The molecule has 0 aliphatic carbocycles. The van der Waals surface area contributed by atoms with Crippen LogP contribution in [0.3, 0.4) is 0 Å². The Labute approximate surface area is 127 Å². The zero-order valence-corrected chi connectivity index (χ0v) is 14.3. The molecule has 0 bridgehead atoms. The van der Waals surface area contributed by atoms with Crippen molar-refractivity contribution in [1.29, 1.82) is 0 Å². The molecule has 0 aromatic rings. The Morgan fingerprint density at radius 2 is 1.43 bits per heavy atom. The molecule has 0 unspecified atom stereocenters. The van der Waals surface area contributed by atoms with Crippen LogP contribution in [0.5, 0.6) is 0 Å². The minimum absolute atomic E-state index is 0.0349. The summed E-state index contributed by atoms with van der Waals surface area (Å²) < 4.78 is 33.5. The molecule has 7 heteroatoms. The summed E-state index contributed by atoms with van der Waals surface area (Å²) in [5.74, 6) is -2.15. The second-order valence-electron chi connectivity index (χ2n) is 5.05. The van der Waals surface area contributed by atoms with Gasteiger partial charge in [0.05, 0.1) is 19.0 Å². The average Bonchev–Trinajstić information content (AvgIpc) is 2.39. The second kappa shape index (κ2) is 8.36. The fourth-order valence-electron chi connectivity index (χ4n) is 2.03. The molecule has 0 saturated heterocycles. The molecule has 0 N–H and O–H groups in total. The van der Waals surface area contributed by atoms with E-state index in [1.807, 2.05) is 0 Å². The number of ether oxygens (including phenoxy) is 2. The van der Waals surface area contributed by atoms with Gasteiger partial charge >= 0.3 is 11.9 Å². The van der Waals surface area contributed by atoms with Gasteiger partial charge in [-0.25, -0.2) is 8.42 Å². The normalized spacial score (nSPS) is 12.3. The molecule has 0 amide bonds. The molecule has 124 valence electrons. The molecule has 0 fully saturated rings. The zero-order chi connectivity index (χ0) is 16.7. The van der Waals surface area contributed by atoms with Crippen molar-refractivity contribution < 1.29 is 27.5 Å². The topological polar surface area (TPSA) is 86.7 Å². The first-order valence-electron chi connectivity index (χ1n) is 7.22. The van der Waals surface area contributed by atoms with E-state index in [0.717, 1.165) is 0 Å². The van der Waals surface area contributed by atoms with E-state index in [0.29, 0.717) is 0 Å². The van der Waals surface area contributed by atoms with Gasteiger partial charge in [-0.3, -0.25) is 9.59 Å². The number of sulfone groups is 1. The summed E-state index contributed by atoms with van der Waals surface area (Å²) in [5, 5.41) is 0.